The van der Waals surface area contributed by atoms with E-state index in [1.165, 1.54) is 19.2 Å². The summed E-state index contributed by atoms with van der Waals surface area (Å²) in [7, 11) is 3.16. The molecule has 3 aromatic rings. The standard InChI is InChI=1S/C23H19BrF4N2O7/c1-11-18(23(26,27)28)29(2)22(33)30(19(11)31)14-10-17(12(24)9-13(14)25)36-15-7-5-6-8-16(15)37-21(35-4)20(32)34-3/h5-10,21H,1-4H3/t21-/m0/s1. The topological polar surface area (TPSA) is 98.0 Å². The number of aromatic nitrogens is 2. The summed E-state index contributed by atoms with van der Waals surface area (Å²) in [4.78, 5) is 37.3. The lowest BCUT2D eigenvalue weighted by molar-refractivity contribution is -0.170. The smallest absolute Gasteiger partial charge is 0.432 e. The second kappa shape index (κ2) is 10.8. The van der Waals surface area contributed by atoms with Gasteiger partial charge in [0.25, 0.3) is 11.8 Å². The number of alkyl halides is 3. The Balaban J connectivity index is 2.14. The van der Waals surface area contributed by atoms with Crippen LogP contribution in [-0.4, -0.2) is 35.6 Å². The van der Waals surface area contributed by atoms with Crippen LogP contribution in [0.2, 0.25) is 0 Å². The van der Waals surface area contributed by atoms with Gasteiger partial charge in [0.2, 0.25) is 0 Å². The average molecular weight is 591 g/mol. The van der Waals surface area contributed by atoms with Gasteiger partial charge in [-0.2, -0.15) is 13.2 Å². The number of rotatable bonds is 7. The number of hydrogen-bond acceptors (Lipinski definition) is 7. The molecule has 198 valence electrons. The van der Waals surface area contributed by atoms with Gasteiger partial charge in [-0.3, -0.25) is 9.36 Å². The van der Waals surface area contributed by atoms with Gasteiger partial charge in [0.05, 0.1) is 17.3 Å². The van der Waals surface area contributed by atoms with Crippen molar-refractivity contribution in [2.75, 3.05) is 14.2 Å². The molecule has 1 aromatic heterocycles. The van der Waals surface area contributed by atoms with Crippen molar-refractivity contribution >= 4 is 21.9 Å². The molecule has 0 aliphatic carbocycles. The van der Waals surface area contributed by atoms with Crippen LogP contribution in [-0.2, 0) is 27.5 Å². The number of carbonyl (C=O) groups is 1. The van der Waals surface area contributed by atoms with E-state index in [2.05, 4.69) is 20.7 Å². The fourth-order valence-electron chi connectivity index (χ4n) is 3.39. The Labute approximate surface area is 214 Å². The van der Waals surface area contributed by atoms with E-state index in [0.29, 0.717) is 0 Å². The van der Waals surface area contributed by atoms with E-state index >= 15 is 0 Å². The molecule has 0 aliphatic heterocycles. The quantitative estimate of drug-likeness (QED) is 0.232. The molecule has 0 radical (unpaired) electrons. The van der Waals surface area contributed by atoms with E-state index in [4.69, 9.17) is 14.2 Å². The molecule has 0 bridgehead atoms. The van der Waals surface area contributed by atoms with Gasteiger partial charge in [-0.1, -0.05) is 12.1 Å². The Bertz CT molecular complexity index is 1430. The summed E-state index contributed by atoms with van der Waals surface area (Å²) in [5.74, 6) is -2.04. The largest absolute Gasteiger partial charge is 0.464 e. The zero-order valence-corrected chi connectivity index (χ0v) is 21.3. The molecule has 9 nitrogen and oxygen atoms in total. The van der Waals surface area contributed by atoms with Gasteiger partial charge < -0.3 is 18.9 Å². The second-order valence-corrected chi connectivity index (χ2v) is 8.30. The van der Waals surface area contributed by atoms with Crippen LogP contribution >= 0.6 is 15.9 Å². The molecule has 0 N–H and O–H groups in total. The maximum Gasteiger partial charge on any atom is 0.432 e. The lowest BCUT2D eigenvalue weighted by Crippen LogP contribution is -2.43. The predicted molar refractivity (Wildman–Crippen MR) is 125 cm³/mol. The number of halogens is 5. The summed E-state index contributed by atoms with van der Waals surface area (Å²) >= 11 is 3.11. The van der Waals surface area contributed by atoms with Gasteiger partial charge in [-0.15, -0.1) is 0 Å². The number of esters is 1. The molecule has 0 saturated heterocycles. The molecule has 2 aromatic carbocycles. The summed E-state index contributed by atoms with van der Waals surface area (Å²) in [6.07, 6.45) is -6.43. The van der Waals surface area contributed by atoms with Gasteiger partial charge in [0, 0.05) is 25.8 Å². The molecule has 0 aliphatic rings. The monoisotopic (exact) mass is 590 g/mol. The third kappa shape index (κ3) is 5.54. The Morgan fingerprint density at radius 3 is 2.24 bits per heavy atom. The zero-order chi connectivity index (χ0) is 27.7. The molecule has 1 heterocycles. The minimum Gasteiger partial charge on any atom is -0.464 e. The van der Waals surface area contributed by atoms with E-state index in [1.807, 2.05) is 0 Å². The number of para-hydroxylation sites is 2. The molecule has 14 heteroatoms. The molecule has 0 saturated carbocycles. The number of ether oxygens (including phenoxy) is 4. The van der Waals surface area contributed by atoms with Crippen molar-refractivity contribution in [3.8, 4) is 22.9 Å². The first-order valence-electron chi connectivity index (χ1n) is 10.2. The highest BCUT2D eigenvalue weighted by Crippen LogP contribution is 2.37. The maximum atomic E-state index is 14.9. The maximum absolute atomic E-state index is 14.9. The highest BCUT2D eigenvalue weighted by Gasteiger charge is 2.38. The number of methoxy groups -OCH3 is 2. The fourth-order valence-corrected chi connectivity index (χ4v) is 3.79. The van der Waals surface area contributed by atoms with Gasteiger partial charge in [0.1, 0.15) is 17.3 Å². The van der Waals surface area contributed by atoms with Gasteiger partial charge in [-0.25, -0.2) is 18.5 Å². The number of carbonyl (C=O) groups excluding carboxylic acids is 1. The van der Waals surface area contributed by atoms with Gasteiger partial charge >= 0.3 is 17.8 Å². The highest BCUT2D eigenvalue weighted by molar-refractivity contribution is 9.10. The second-order valence-electron chi connectivity index (χ2n) is 7.44. The molecule has 0 unspecified atom stereocenters. The normalized spacial score (nSPS) is 12.2. The molecule has 0 amide bonds. The predicted octanol–water partition coefficient (Wildman–Crippen LogP) is 4.08. The Morgan fingerprint density at radius 2 is 1.68 bits per heavy atom. The average Bonchev–Trinajstić information content (AvgIpc) is 2.83. The summed E-state index contributed by atoms with van der Waals surface area (Å²) in [5.41, 5.74) is -5.67. The minimum absolute atomic E-state index is 0.00978. The number of hydrogen-bond donors (Lipinski definition) is 0. The van der Waals surface area contributed by atoms with Crippen molar-refractivity contribution < 1.29 is 41.3 Å². The van der Waals surface area contributed by atoms with Crippen LogP contribution in [0.15, 0.2) is 50.5 Å². The first kappa shape index (κ1) is 27.9. The summed E-state index contributed by atoms with van der Waals surface area (Å²) in [5, 5.41) is 0. The lowest BCUT2D eigenvalue weighted by atomic mass is 10.2. The van der Waals surface area contributed by atoms with Gasteiger partial charge in [0.15, 0.2) is 11.5 Å². The minimum atomic E-state index is -4.99. The molecule has 3 rings (SSSR count). The number of benzene rings is 2. The van der Waals surface area contributed by atoms with Crippen LogP contribution in [0.5, 0.6) is 17.2 Å². The summed E-state index contributed by atoms with van der Waals surface area (Å²) < 4.78 is 76.5. The third-order valence-corrected chi connectivity index (χ3v) is 5.73. The molecular weight excluding hydrogens is 572 g/mol. The van der Waals surface area contributed by atoms with E-state index in [1.54, 1.807) is 12.1 Å². The van der Waals surface area contributed by atoms with Crippen molar-refractivity contribution in [1.82, 2.24) is 9.13 Å². The third-order valence-electron chi connectivity index (χ3n) is 5.11. The molecule has 0 spiro atoms. The van der Waals surface area contributed by atoms with Crippen LogP contribution < -0.4 is 20.7 Å². The molecule has 0 fully saturated rings. The van der Waals surface area contributed by atoms with Gasteiger partial charge in [-0.05, 0) is 41.1 Å². The van der Waals surface area contributed by atoms with Crippen molar-refractivity contribution in [3.05, 3.63) is 78.8 Å². The highest BCUT2D eigenvalue weighted by atomic mass is 79.9. The van der Waals surface area contributed by atoms with Crippen LogP contribution in [0.1, 0.15) is 11.3 Å². The van der Waals surface area contributed by atoms with Crippen LogP contribution in [0.3, 0.4) is 0 Å². The van der Waals surface area contributed by atoms with E-state index < -0.39 is 52.4 Å². The van der Waals surface area contributed by atoms with Crippen molar-refractivity contribution in [3.63, 3.8) is 0 Å². The first-order chi connectivity index (χ1) is 17.3. The Morgan fingerprint density at radius 1 is 1.05 bits per heavy atom. The molecule has 1 atom stereocenters. The Hall–Kier alpha value is -3.65. The first-order valence-corrected chi connectivity index (χ1v) is 11.0. The fraction of sp³-hybridized carbons (Fsp3) is 0.261. The summed E-state index contributed by atoms with van der Waals surface area (Å²) in [6, 6.07) is 7.81. The van der Waals surface area contributed by atoms with Crippen LogP contribution in [0.4, 0.5) is 17.6 Å². The number of nitrogens with zero attached hydrogens (tertiary/aromatic N) is 2. The SMILES string of the molecule is COC(=O)[C@@H](OC)Oc1ccccc1Oc1cc(-n2c(=O)c(C)c(C(F)(F)F)n(C)c2=O)c(F)cc1Br. The van der Waals surface area contributed by atoms with Crippen molar-refractivity contribution in [2.24, 2.45) is 7.05 Å². The van der Waals surface area contributed by atoms with E-state index in [-0.39, 0.29) is 30.9 Å². The van der Waals surface area contributed by atoms with Crippen LogP contribution in [0.25, 0.3) is 5.69 Å². The van der Waals surface area contributed by atoms with Crippen molar-refractivity contribution in [2.45, 2.75) is 19.4 Å². The lowest BCUT2D eigenvalue weighted by Gasteiger charge is -2.19. The Kier molecular flexibility index (Phi) is 8.12. The van der Waals surface area contributed by atoms with E-state index in [0.717, 1.165) is 33.2 Å². The van der Waals surface area contributed by atoms with Crippen LogP contribution in [0, 0.1) is 12.7 Å². The summed E-state index contributed by atoms with van der Waals surface area (Å²) in [6.45, 7) is 0.885. The molecule has 37 heavy (non-hydrogen) atoms. The zero-order valence-electron chi connectivity index (χ0n) is 19.7. The van der Waals surface area contributed by atoms with E-state index in [9.17, 15) is 31.9 Å². The van der Waals surface area contributed by atoms with Crippen molar-refractivity contribution in [1.29, 1.82) is 0 Å². The molecular formula is C23H19BrF4N2O7.